The van der Waals surface area contributed by atoms with Crippen LogP contribution in [0.5, 0.6) is 5.75 Å². The standard InChI is InChI=1S/C9H11NO3.CH6OSi/c10-8(9(12)13)5-6-1-3-7(11)4-2-6;1-3-2/h1-4,8,11H,5,10H2,(H,12,13);2H,3H2,1H3/t8-;/m0./s1. The normalized spacial score (nSPS) is 11.9. The molecule has 0 saturated carbocycles. The lowest BCUT2D eigenvalue weighted by atomic mass is 10.1. The molecule has 0 aromatic heterocycles. The Morgan fingerprint density at radius 3 is 2.25 bits per heavy atom. The van der Waals surface area contributed by atoms with Crippen molar-refractivity contribution in [3.05, 3.63) is 29.8 Å². The minimum atomic E-state index is -1.02. The molecule has 0 heterocycles. The SMILES string of the molecule is C[SiH2]O.N[C@@H](Cc1ccc(O)cc1)C(=O)O. The summed E-state index contributed by atoms with van der Waals surface area (Å²) in [5, 5.41) is 17.5. The van der Waals surface area contributed by atoms with Crippen LogP contribution in [-0.4, -0.2) is 36.8 Å². The van der Waals surface area contributed by atoms with E-state index in [-0.39, 0.29) is 12.2 Å². The monoisotopic (exact) mass is 243 g/mol. The average Bonchev–Trinajstić information content (AvgIpc) is 2.22. The largest absolute Gasteiger partial charge is 0.508 e. The number of aliphatic carboxylic acids is 1. The molecular weight excluding hydrogens is 226 g/mol. The van der Waals surface area contributed by atoms with Crippen LogP contribution in [0.3, 0.4) is 0 Å². The highest BCUT2D eigenvalue weighted by Gasteiger charge is 2.11. The van der Waals surface area contributed by atoms with Gasteiger partial charge in [-0.2, -0.15) is 0 Å². The first-order valence-electron chi connectivity index (χ1n) is 4.88. The van der Waals surface area contributed by atoms with Crippen LogP contribution < -0.4 is 5.73 Å². The van der Waals surface area contributed by atoms with Crippen molar-refractivity contribution in [1.82, 2.24) is 0 Å². The van der Waals surface area contributed by atoms with E-state index in [9.17, 15) is 4.79 Å². The molecule has 0 amide bonds. The molecule has 0 aliphatic carbocycles. The van der Waals surface area contributed by atoms with Crippen LogP contribution in [0, 0.1) is 0 Å². The van der Waals surface area contributed by atoms with E-state index in [2.05, 4.69) is 0 Å². The summed E-state index contributed by atoms with van der Waals surface area (Å²) >= 11 is 0. The second kappa shape index (κ2) is 7.86. The molecule has 0 saturated heterocycles. The summed E-state index contributed by atoms with van der Waals surface area (Å²) in [5.74, 6) is -0.860. The van der Waals surface area contributed by atoms with Gasteiger partial charge in [0.05, 0.1) is 0 Å². The fourth-order valence-electron chi connectivity index (χ4n) is 0.973. The summed E-state index contributed by atoms with van der Waals surface area (Å²) < 4.78 is 0. The third-order valence-corrected chi connectivity index (χ3v) is 1.71. The van der Waals surface area contributed by atoms with Gasteiger partial charge >= 0.3 is 5.97 Å². The van der Waals surface area contributed by atoms with Gasteiger partial charge in [-0.05, 0) is 24.1 Å². The lowest BCUT2D eigenvalue weighted by Gasteiger charge is -2.05. The van der Waals surface area contributed by atoms with Gasteiger partial charge < -0.3 is 20.7 Å². The van der Waals surface area contributed by atoms with Crippen molar-refractivity contribution in [2.75, 3.05) is 0 Å². The van der Waals surface area contributed by atoms with Gasteiger partial charge in [-0.1, -0.05) is 18.7 Å². The van der Waals surface area contributed by atoms with Crippen molar-refractivity contribution in [1.29, 1.82) is 0 Å². The third-order valence-electron chi connectivity index (χ3n) is 1.71. The van der Waals surface area contributed by atoms with E-state index in [0.717, 1.165) is 5.56 Å². The Hall–Kier alpha value is -1.37. The molecule has 0 aliphatic rings. The highest BCUT2D eigenvalue weighted by molar-refractivity contribution is 6.22. The highest BCUT2D eigenvalue weighted by Crippen LogP contribution is 2.10. The van der Waals surface area contributed by atoms with Crippen LogP contribution in [-0.2, 0) is 11.2 Å². The number of benzene rings is 1. The number of hydrogen-bond donors (Lipinski definition) is 4. The summed E-state index contributed by atoms with van der Waals surface area (Å²) in [6.45, 7) is 1.82. The molecule has 0 spiro atoms. The van der Waals surface area contributed by atoms with Gasteiger partial charge in [0, 0.05) is 0 Å². The molecule has 0 unspecified atom stereocenters. The first-order valence-corrected chi connectivity index (χ1v) is 6.93. The molecule has 1 aromatic carbocycles. The molecular formula is C10H17NO4Si. The van der Waals surface area contributed by atoms with Crippen LogP contribution in [0.15, 0.2) is 24.3 Å². The fourth-order valence-corrected chi connectivity index (χ4v) is 0.973. The molecule has 0 fully saturated rings. The zero-order chi connectivity index (χ0) is 12.6. The quantitative estimate of drug-likeness (QED) is 0.534. The van der Waals surface area contributed by atoms with Crippen molar-refractivity contribution < 1.29 is 19.8 Å². The van der Waals surface area contributed by atoms with Crippen molar-refractivity contribution >= 4 is 15.7 Å². The Morgan fingerprint density at radius 1 is 1.44 bits per heavy atom. The van der Waals surface area contributed by atoms with Crippen molar-refractivity contribution in [2.45, 2.75) is 19.0 Å². The van der Waals surface area contributed by atoms with Gasteiger partial charge in [-0.15, -0.1) is 0 Å². The summed E-state index contributed by atoms with van der Waals surface area (Å²) in [4.78, 5) is 18.1. The Kier molecular flexibility index (Phi) is 7.18. The van der Waals surface area contributed by atoms with Crippen LogP contribution in [0.1, 0.15) is 5.56 Å². The maximum atomic E-state index is 10.4. The van der Waals surface area contributed by atoms with Crippen molar-refractivity contribution in [3.8, 4) is 5.75 Å². The molecule has 16 heavy (non-hydrogen) atoms. The Bertz CT molecular complexity index is 315. The van der Waals surface area contributed by atoms with Gasteiger partial charge in [-0.25, -0.2) is 0 Å². The summed E-state index contributed by atoms with van der Waals surface area (Å²) in [5.41, 5.74) is 6.12. The van der Waals surface area contributed by atoms with E-state index in [0.29, 0.717) is 0 Å². The van der Waals surface area contributed by atoms with Crippen LogP contribution in [0.2, 0.25) is 6.55 Å². The molecule has 1 rings (SSSR count). The summed E-state index contributed by atoms with van der Waals surface area (Å²) in [6, 6.07) is 5.42. The number of carbonyl (C=O) groups is 1. The van der Waals surface area contributed by atoms with E-state index in [1.165, 1.54) is 12.1 Å². The number of phenols is 1. The number of aromatic hydroxyl groups is 1. The Morgan fingerprint density at radius 2 is 1.88 bits per heavy atom. The second-order valence-corrected chi connectivity index (χ2v) is 3.76. The van der Waals surface area contributed by atoms with Crippen LogP contribution in [0.4, 0.5) is 0 Å². The Labute approximate surface area is 96.5 Å². The Balaban J connectivity index is 0.000000673. The molecule has 5 N–H and O–H groups in total. The highest BCUT2D eigenvalue weighted by atomic mass is 28.2. The maximum absolute atomic E-state index is 10.4. The van der Waals surface area contributed by atoms with E-state index in [1.54, 1.807) is 12.1 Å². The molecule has 5 nitrogen and oxygen atoms in total. The number of phenolic OH excluding ortho intramolecular Hbond substituents is 1. The van der Waals surface area contributed by atoms with Gasteiger partial charge in [0.25, 0.3) is 0 Å². The minimum Gasteiger partial charge on any atom is -0.508 e. The maximum Gasteiger partial charge on any atom is 0.320 e. The van der Waals surface area contributed by atoms with E-state index in [4.69, 9.17) is 20.7 Å². The fraction of sp³-hybridized carbons (Fsp3) is 0.300. The van der Waals surface area contributed by atoms with Gasteiger partial charge in [0.2, 0.25) is 0 Å². The van der Waals surface area contributed by atoms with Gasteiger partial charge in [0.1, 0.15) is 11.8 Å². The first kappa shape index (κ1) is 14.6. The minimum absolute atomic E-state index is 0.160. The topological polar surface area (TPSA) is 104 Å². The van der Waals surface area contributed by atoms with Crippen molar-refractivity contribution in [2.24, 2.45) is 5.73 Å². The first-order chi connectivity index (χ1) is 7.51. The number of carboxylic acids is 1. The molecule has 90 valence electrons. The lowest BCUT2D eigenvalue weighted by molar-refractivity contribution is -0.138. The molecule has 0 aliphatic heterocycles. The number of rotatable bonds is 3. The number of carboxylic acid groups (broad SMARTS) is 1. The van der Waals surface area contributed by atoms with E-state index < -0.39 is 21.8 Å². The van der Waals surface area contributed by atoms with Gasteiger partial charge in [-0.3, -0.25) is 4.79 Å². The summed E-state index contributed by atoms with van der Waals surface area (Å²) in [7, 11) is -0.583. The predicted octanol–water partition coefficient (Wildman–Crippen LogP) is -0.543. The third kappa shape index (κ3) is 6.17. The molecule has 0 radical (unpaired) electrons. The van der Waals surface area contributed by atoms with E-state index in [1.807, 2.05) is 6.55 Å². The molecule has 6 heteroatoms. The van der Waals surface area contributed by atoms with Crippen molar-refractivity contribution in [3.63, 3.8) is 0 Å². The number of hydrogen-bond acceptors (Lipinski definition) is 4. The zero-order valence-electron chi connectivity index (χ0n) is 9.13. The molecule has 0 bridgehead atoms. The predicted molar refractivity (Wildman–Crippen MR) is 64.0 cm³/mol. The number of nitrogens with two attached hydrogens (primary N) is 1. The molecule has 1 atom stereocenters. The van der Waals surface area contributed by atoms with Crippen LogP contribution in [0.25, 0.3) is 0 Å². The summed E-state index contributed by atoms with van der Waals surface area (Å²) in [6.07, 6.45) is 0.273. The second-order valence-electron chi connectivity index (χ2n) is 3.13. The zero-order valence-corrected chi connectivity index (χ0v) is 10.5. The van der Waals surface area contributed by atoms with E-state index >= 15 is 0 Å². The smallest absolute Gasteiger partial charge is 0.320 e. The van der Waals surface area contributed by atoms with Crippen LogP contribution >= 0.6 is 0 Å². The average molecular weight is 243 g/mol. The lowest BCUT2D eigenvalue weighted by Crippen LogP contribution is -2.32. The van der Waals surface area contributed by atoms with Gasteiger partial charge in [0.15, 0.2) is 9.76 Å². The molecule has 1 aromatic rings.